The second-order valence-electron chi connectivity index (χ2n) is 5.55. The molecule has 0 radical (unpaired) electrons. The average molecular weight is 342 g/mol. The third kappa shape index (κ3) is 3.80. The number of fused-ring (bicyclic) bond motifs is 1. The highest BCUT2D eigenvalue weighted by Gasteiger charge is 2.33. The van der Waals surface area contributed by atoms with E-state index in [4.69, 9.17) is 0 Å². The van der Waals surface area contributed by atoms with Crippen LogP contribution in [0.5, 0.6) is 0 Å². The minimum absolute atomic E-state index is 0.443. The molecule has 0 aromatic carbocycles. The molecule has 1 aliphatic carbocycles. The lowest BCUT2D eigenvalue weighted by Crippen LogP contribution is -2.15. The Balaban J connectivity index is 1.65. The minimum Gasteiger partial charge on any atom is -0.369 e. The Kier molecular flexibility index (Phi) is 4.52. The molecule has 0 atom stereocenters. The van der Waals surface area contributed by atoms with Gasteiger partial charge in [-0.2, -0.15) is 13.2 Å². The molecule has 2 aromatic rings. The first kappa shape index (κ1) is 16.2. The van der Waals surface area contributed by atoms with Crippen LogP contribution in [0.15, 0.2) is 5.38 Å². The van der Waals surface area contributed by atoms with Crippen LogP contribution in [-0.4, -0.2) is 21.5 Å². The molecule has 3 rings (SSSR count). The van der Waals surface area contributed by atoms with E-state index in [1.165, 1.54) is 0 Å². The lowest BCUT2D eigenvalue weighted by Gasteiger charge is -2.19. The normalized spacial score (nSPS) is 14.6. The Morgan fingerprint density at radius 2 is 1.96 bits per heavy atom. The summed E-state index contributed by atoms with van der Waals surface area (Å²) in [7, 11) is 0. The predicted octanol–water partition coefficient (Wildman–Crippen LogP) is 3.79. The molecule has 2 aromatic heterocycles. The molecule has 0 amide bonds. The van der Waals surface area contributed by atoms with Crippen LogP contribution in [0.25, 0.3) is 0 Å². The number of anilines is 1. The van der Waals surface area contributed by atoms with E-state index in [9.17, 15) is 13.2 Å². The van der Waals surface area contributed by atoms with Crippen LogP contribution in [0.1, 0.15) is 40.6 Å². The quantitative estimate of drug-likeness (QED) is 0.918. The van der Waals surface area contributed by atoms with Gasteiger partial charge in [0.1, 0.15) is 11.6 Å². The largest absolute Gasteiger partial charge is 0.434 e. The lowest BCUT2D eigenvalue weighted by atomic mass is 9.96. The van der Waals surface area contributed by atoms with Crippen LogP contribution in [-0.2, 0) is 25.4 Å². The summed E-state index contributed by atoms with van der Waals surface area (Å²) in [4.78, 5) is 12.6. The summed E-state index contributed by atoms with van der Waals surface area (Å²) in [6.07, 6.45) is 0.254. The van der Waals surface area contributed by atoms with Crippen molar-refractivity contribution in [1.29, 1.82) is 0 Å². The zero-order valence-electron chi connectivity index (χ0n) is 12.7. The van der Waals surface area contributed by atoms with E-state index in [0.29, 0.717) is 18.0 Å². The Labute approximate surface area is 136 Å². The topological polar surface area (TPSA) is 50.7 Å². The Morgan fingerprint density at radius 3 is 2.70 bits per heavy atom. The second kappa shape index (κ2) is 6.43. The molecule has 0 saturated heterocycles. The third-order valence-electron chi connectivity index (χ3n) is 3.77. The van der Waals surface area contributed by atoms with Gasteiger partial charge in [-0.25, -0.2) is 15.0 Å². The molecular formula is C15H17F3N4S. The second-order valence-corrected chi connectivity index (χ2v) is 6.50. The van der Waals surface area contributed by atoms with Gasteiger partial charge in [-0.05, 0) is 32.6 Å². The number of hydrogen-bond donors (Lipinski definition) is 1. The molecule has 1 N–H and O–H groups in total. The van der Waals surface area contributed by atoms with Crippen molar-refractivity contribution >= 4 is 17.2 Å². The smallest absolute Gasteiger partial charge is 0.369 e. The summed E-state index contributed by atoms with van der Waals surface area (Å²) in [6, 6.07) is 0. The fourth-order valence-corrected chi connectivity index (χ4v) is 3.51. The van der Waals surface area contributed by atoms with Gasteiger partial charge in [-0.15, -0.1) is 11.3 Å². The van der Waals surface area contributed by atoms with Gasteiger partial charge in [0.05, 0.1) is 5.01 Å². The van der Waals surface area contributed by atoms with Crippen LogP contribution in [0, 0.1) is 6.92 Å². The maximum Gasteiger partial charge on any atom is 0.434 e. The average Bonchev–Trinajstić information content (AvgIpc) is 2.96. The SMILES string of the molecule is Cc1nc2c(c(NCCc3nc(C(F)(F)F)cs3)n1)CCCC2. The Bertz CT molecular complexity index is 697. The van der Waals surface area contributed by atoms with E-state index in [2.05, 4.69) is 20.3 Å². The monoisotopic (exact) mass is 342 g/mol. The van der Waals surface area contributed by atoms with E-state index in [0.717, 1.165) is 65.3 Å². The van der Waals surface area contributed by atoms with E-state index in [1.54, 1.807) is 0 Å². The first-order valence-corrected chi connectivity index (χ1v) is 8.43. The molecule has 1 aliphatic rings. The molecule has 4 nitrogen and oxygen atoms in total. The van der Waals surface area contributed by atoms with Crippen molar-refractivity contribution in [2.24, 2.45) is 0 Å². The van der Waals surface area contributed by atoms with Crippen molar-refractivity contribution < 1.29 is 13.2 Å². The highest BCUT2D eigenvalue weighted by molar-refractivity contribution is 7.09. The van der Waals surface area contributed by atoms with Gasteiger partial charge in [0.2, 0.25) is 0 Å². The standard InChI is InChI=1S/C15H17F3N4S/c1-9-20-11-5-3-2-4-10(11)14(21-9)19-7-6-13-22-12(8-23-13)15(16,17)18/h8H,2-7H2,1H3,(H,19,20,21). The van der Waals surface area contributed by atoms with Gasteiger partial charge in [0.15, 0.2) is 5.69 Å². The first-order chi connectivity index (χ1) is 10.9. The van der Waals surface area contributed by atoms with Gasteiger partial charge in [-0.1, -0.05) is 0 Å². The Hall–Kier alpha value is -1.70. The van der Waals surface area contributed by atoms with Crippen LogP contribution in [0.4, 0.5) is 19.0 Å². The zero-order valence-corrected chi connectivity index (χ0v) is 13.5. The number of nitrogens with one attached hydrogen (secondary N) is 1. The first-order valence-electron chi connectivity index (χ1n) is 7.55. The molecule has 0 spiro atoms. The fraction of sp³-hybridized carbons (Fsp3) is 0.533. The van der Waals surface area contributed by atoms with Crippen LogP contribution >= 0.6 is 11.3 Å². The number of aryl methyl sites for hydroxylation is 2. The van der Waals surface area contributed by atoms with Gasteiger partial charge in [0.25, 0.3) is 0 Å². The molecule has 124 valence electrons. The molecule has 2 heterocycles. The number of aromatic nitrogens is 3. The number of rotatable bonds is 4. The lowest BCUT2D eigenvalue weighted by molar-refractivity contribution is -0.140. The maximum absolute atomic E-state index is 12.5. The number of nitrogens with zero attached hydrogens (tertiary/aromatic N) is 3. The summed E-state index contributed by atoms with van der Waals surface area (Å²) in [6.45, 7) is 2.37. The van der Waals surface area contributed by atoms with E-state index in [1.807, 2.05) is 6.92 Å². The zero-order chi connectivity index (χ0) is 16.4. The van der Waals surface area contributed by atoms with Crippen LogP contribution in [0.3, 0.4) is 0 Å². The molecule has 0 unspecified atom stereocenters. The van der Waals surface area contributed by atoms with Gasteiger partial charge < -0.3 is 5.32 Å². The molecule has 23 heavy (non-hydrogen) atoms. The van der Waals surface area contributed by atoms with E-state index >= 15 is 0 Å². The molecular weight excluding hydrogens is 325 g/mol. The van der Waals surface area contributed by atoms with Crippen molar-refractivity contribution in [3.05, 3.63) is 33.2 Å². The highest BCUT2D eigenvalue weighted by atomic mass is 32.1. The molecule has 0 aliphatic heterocycles. The maximum atomic E-state index is 12.5. The summed E-state index contributed by atoms with van der Waals surface area (Å²) < 4.78 is 37.6. The fourth-order valence-electron chi connectivity index (χ4n) is 2.71. The number of thiazole rings is 1. The highest BCUT2D eigenvalue weighted by Crippen LogP contribution is 2.30. The van der Waals surface area contributed by atoms with Crippen molar-refractivity contribution in [1.82, 2.24) is 15.0 Å². The van der Waals surface area contributed by atoms with Gasteiger partial charge in [0, 0.05) is 29.6 Å². The van der Waals surface area contributed by atoms with Crippen molar-refractivity contribution in [3.63, 3.8) is 0 Å². The summed E-state index contributed by atoms with van der Waals surface area (Å²) in [5, 5.41) is 4.78. The van der Waals surface area contributed by atoms with Crippen LogP contribution < -0.4 is 5.32 Å². The molecule has 8 heteroatoms. The third-order valence-corrected chi connectivity index (χ3v) is 4.68. The Morgan fingerprint density at radius 1 is 1.17 bits per heavy atom. The number of hydrogen-bond acceptors (Lipinski definition) is 5. The number of alkyl halides is 3. The summed E-state index contributed by atoms with van der Waals surface area (Å²) in [5.41, 5.74) is 1.43. The van der Waals surface area contributed by atoms with Gasteiger partial charge >= 0.3 is 6.18 Å². The van der Waals surface area contributed by atoms with Crippen molar-refractivity contribution in [2.45, 2.75) is 45.2 Å². The summed E-state index contributed by atoms with van der Waals surface area (Å²) in [5.74, 6) is 1.54. The summed E-state index contributed by atoms with van der Waals surface area (Å²) >= 11 is 1.04. The van der Waals surface area contributed by atoms with Crippen LogP contribution in [0.2, 0.25) is 0 Å². The predicted molar refractivity (Wildman–Crippen MR) is 82.7 cm³/mol. The molecule has 0 bridgehead atoms. The van der Waals surface area contributed by atoms with E-state index in [-0.39, 0.29) is 0 Å². The molecule has 0 saturated carbocycles. The van der Waals surface area contributed by atoms with Gasteiger partial charge in [-0.3, -0.25) is 0 Å². The van der Waals surface area contributed by atoms with E-state index < -0.39 is 11.9 Å². The number of halogens is 3. The molecule has 0 fully saturated rings. The van der Waals surface area contributed by atoms with Crippen molar-refractivity contribution in [3.8, 4) is 0 Å². The van der Waals surface area contributed by atoms with Crippen molar-refractivity contribution in [2.75, 3.05) is 11.9 Å². The minimum atomic E-state index is -4.37.